The fraction of sp³-hybridized carbons (Fsp3) is 0.824. The molecule has 0 amide bonds. The van der Waals surface area contributed by atoms with Crippen LogP contribution in [0.3, 0.4) is 0 Å². The van der Waals surface area contributed by atoms with Gasteiger partial charge in [-0.1, -0.05) is 33.8 Å². The summed E-state index contributed by atoms with van der Waals surface area (Å²) in [5, 5.41) is 0. The molecular weight excluding hydrogens is 234 g/mol. The molecule has 0 bridgehead atoms. The van der Waals surface area contributed by atoms with Crippen LogP contribution >= 0.6 is 0 Å². The minimum atomic E-state index is -0.0515. The Hall–Kier alpha value is -0.790. The van der Waals surface area contributed by atoms with Crippen LogP contribution in [0.5, 0.6) is 0 Å². The van der Waals surface area contributed by atoms with E-state index in [1.807, 2.05) is 0 Å². The summed E-state index contributed by atoms with van der Waals surface area (Å²) in [4.78, 5) is 4.58. The van der Waals surface area contributed by atoms with Gasteiger partial charge in [0.25, 0.3) is 0 Å². The van der Waals surface area contributed by atoms with Gasteiger partial charge in [-0.25, -0.2) is 4.99 Å². The van der Waals surface area contributed by atoms with Crippen LogP contribution < -0.4 is 0 Å². The minimum absolute atomic E-state index is 0.0515. The van der Waals surface area contributed by atoms with Crippen LogP contribution in [0.15, 0.2) is 17.1 Å². The maximum Gasteiger partial charge on any atom is 0.208 e. The molecule has 0 aromatic rings. The number of allylic oxidation sites excluding steroid dienone is 1. The molecule has 0 radical (unpaired) electrons. The Labute approximate surface area is 118 Å². The summed E-state index contributed by atoms with van der Waals surface area (Å²) >= 11 is 0. The number of nitrogens with zero attached hydrogens (tertiary/aromatic N) is 1. The molecule has 19 heavy (non-hydrogen) atoms. The highest BCUT2D eigenvalue weighted by Gasteiger charge is 2.42. The van der Waals surface area contributed by atoms with E-state index in [-0.39, 0.29) is 5.54 Å². The lowest BCUT2D eigenvalue weighted by atomic mass is 9.71. The predicted molar refractivity (Wildman–Crippen MR) is 81.4 cm³/mol. The van der Waals surface area contributed by atoms with Crippen molar-refractivity contribution in [2.24, 2.45) is 28.2 Å². The average Bonchev–Trinajstić information content (AvgIpc) is 2.77. The number of ether oxygens (including phenoxy) is 1. The summed E-state index contributed by atoms with van der Waals surface area (Å²) in [7, 11) is 0. The largest absolute Gasteiger partial charge is 0.475 e. The molecule has 1 fully saturated rings. The van der Waals surface area contributed by atoms with E-state index in [1.54, 1.807) is 0 Å². The van der Waals surface area contributed by atoms with E-state index in [2.05, 4.69) is 58.7 Å². The predicted octanol–water partition coefficient (Wildman–Crippen LogP) is 4.46. The first kappa shape index (κ1) is 14.6. The van der Waals surface area contributed by atoms with Gasteiger partial charge in [0, 0.05) is 0 Å². The van der Waals surface area contributed by atoms with Gasteiger partial charge in [0.05, 0.1) is 5.54 Å². The second-order valence-corrected chi connectivity index (χ2v) is 7.68. The molecule has 3 atom stereocenters. The zero-order valence-corrected chi connectivity index (χ0v) is 13.4. The Morgan fingerprint density at radius 3 is 2.42 bits per heavy atom. The van der Waals surface area contributed by atoms with E-state index in [0.29, 0.717) is 17.9 Å². The van der Waals surface area contributed by atoms with Crippen LogP contribution in [0.2, 0.25) is 0 Å². The Kier molecular flexibility index (Phi) is 3.81. The van der Waals surface area contributed by atoms with Gasteiger partial charge in [-0.05, 0) is 55.9 Å². The molecule has 2 nitrogen and oxygen atoms in total. The zero-order chi connectivity index (χ0) is 14.3. The molecule has 1 aliphatic carbocycles. The van der Waals surface area contributed by atoms with Crippen LogP contribution in [0.4, 0.5) is 0 Å². The van der Waals surface area contributed by atoms with Gasteiger partial charge >= 0.3 is 0 Å². The second kappa shape index (κ2) is 4.96. The molecule has 0 aromatic carbocycles. The van der Waals surface area contributed by atoms with Gasteiger partial charge in [0.1, 0.15) is 6.61 Å². The summed E-state index contributed by atoms with van der Waals surface area (Å²) in [6.07, 6.45) is 7.09. The lowest BCUT2D eigenvalue weighted by molar-refractivity contribution is 0.166. The monoisotopic (exact) mass is 263 g/mol. The molecule has 0 N–H and O–H groups in total. The molecule has 2 aliphatic rings. The van der Waals surface area contributed by atoms with Gasteiger partial charge in [0.2, 0.25) is 5.90 Å². The van der Waals surface area contributed by atoms with Gasteiger partial charge in [0.15, 0.2) is 0 Å². The van der Waals surface area contributed by atoms with E-state index < -0.39 is 0 Å². The molecule has 0 spiro atoms. The van der Waals surface area contributed by atoms with Gasteiger partial charge in [-0.2, -0.15) is 0 Å². The molecule has 0 aromatic heterocycles. The van der Waals surface area contributed by atoms with Crippen molar-refractivity contribution in [3.8, 4) is 0 Å². The highest BCUT2D eigenvalue weighted by molar-refractivity contribution is 5.89. The van der Waals surface area contributed by atoms with Crippen LogP contribution in [0.25, 0.3) is 0 Å². The molecule has 1 heterocycles. The third-order valence-electron chi connectivity index (χ3n) is 5.30. The maximum atomic E-state index is 5.62. The van der Waals surface area contributed by atoms with E-state index in [0.717, 1.165) is 17.7 Å². The maximum absolute atomic E-state index is 5.62. The molecule has 0 unspecified atom stereocenters. The van der Waals surface area contributed by atoms with Crippen molar-refractivity contribution < 1.29 is 4.74 Å². The van der Waals surface area contributed by atoms with Gasteiger partial charge in [-0.15, -0.1) is 0 Å². The third kappa shape index (κ3) is 3.04. The first-order valence-electron chi connectivity index (χ1n) is 7.63. The minimum Gasteiger partial charge on any atom is -0.475 e. The summed E-state index contributed by atoms with van der Waals surface area (Å²) in [6.45, 7) is 14.5. The van der Waals surface area contributed by atoms with Crippen molar-refractivity contribution in [2.75, 3.05) is 6.61 Å². The van der Waals surface area contributed by atoms with Gasteiger partial charge in [-0.3, -0.25) is 0 Å². The van der Waals surface area contributed by atoms with Crippen molar-refractivity contribution in [1.82, 2.24) is 0 Å². The highest BCUT2D eigenvalue weighted by Crippen LogP contribution is 2.50. The molecule has 2 rings (SSSR count). The number of aliphatic imine (C=N–C) groups is 1. The number of hydrogen-bond acceptors (Lipinski definition) is 2. The standard InChI is InChI=1S/C17H29NO/c1-12(14-9-8-13(2)17(14,5)6)7-10-15-18-16(3,4)11-19-15/h7,10,12-14H,8-9,11H2,1-6H3/b10-7+/t12-,13-,14-/m1/s1. The Morgan fingerprint density at radius 2 is 1.95 bits per heavy atom. The van der Waals surface area contributed by atoms with Crippen LogP contribution in [0, 0.1) is 23.2 Å². The van der Waals surface area contributed by atoms with Crippen molar-refractivity contribution >= 4 is 5.90 Å². The van der Waals surface area contributed by atoms with E-state index >= 15 is 0 Å². The summed E-state index contributed by atoms with van der Waals surface area (Å²) in [5.41, 5.74) is 0.394. The van der Waals surface area contributed by atoms with Crippen molar-refractivity contribution in [3.63, 3.8) is 0 Å². The van der Waals surface area contributed by atoms with E-state index in [9.17, 15) is 0 Å². The number of rotatable bonds is 3. The summed E-state index contributed by atoms with van der Waals surface area (Å²) in [5.74, 6) is 3.00. The fourth-order valence-corrected chi connectivity index (χ4v) is 3.55. The van der Waals surface area contributed by atoms with Crippen LogP contribution in [0.1, 0.15) is 54.4 Å². The average molecular weight is 263 g/mol. The Balaban J connectivity index is 2.00. The first-order chi connectivity index (χ1) is 8.72. The summed E-state index contributed by atoms with van der Waals surface area (Å²) < 4.78 is 5.62. The van der Waals surface area contributed by atoms with E-state index in [1.165, 1.54) is 12.8 Å². The molecule has 108 valence electrons. The SMILES string of the molecule is C[C@H](/C=C/C1=NC(C)(C)CO1)[C@H]1CC[C@@H](C)C1(C)C. The van der Waals surface area contributed by atoms with Crippen molar-refractivity contribution in [3.05, 3.63) is 12.2 Å². The first-order valence-corrected chi connectivity index (χ1v) is 7.63. The van der Waals surface area contributed by atoms with E-state index in [4.69, 9.17) is 4.74 Å². The molecular formula is C17H29NO. The molecule has 2 heteroatoms. The normalized spacial score (nSPS) is 34.3. The lowest BCUT2D eigenvalue weighted by Crippen LogP contribution is -2.27. The molecule has 0 saturated heterocycles. The van der Waals surface area contributed by atoms with Gasteiger partial charge < -0.3 is 4.74 Å². The van der Waals surface area contributed by atoms with Crippen molar-refractivity contribution in [2.45, 2.75) is 59.9 Å². The molecule has 1 saturated carbocycles. The zero-order valence-electron chi connectivity index (χ0n) is 13.4. The fourth-order valence-electron chi connectivity index (χ4n) is 3.55. The summed E-state index contributed by atoms with van der Waals surface area (Å²) in [6, 6.07) is 0. The Bertz CT molecular complexity index is 392. The smallest absolute Gasteiger partial charge is 0.208 e. The third-order valence-corrected chi connectivity index (χ3v) is 5.30. The molecule has 1 aliphatic heterocycles. The highest BCUT2D eigenvalue weighted by atomic mass is 16.5. The quantitative estimate of drug-likeness (QED) is 0.736. The van der Waals surface area contributed by atoms with Crippen LogP contribution in [-0.4, -0.2) is 18.0 Å². The van der Waals surface area contributed by atoms with Crippen LogP contribution in [-0.2, 0) is 4.74 Å². The Morgan fingerprint density at radius 1 is 1.26 bits per heavy atom. The van der Waals surface area contributed by atoms with Crippen molar-refractivity contribution in [1.29, 1.82) is 0 Å². The second-order valence-electron chi connectivity index (χ2n) is 7.68. The number of hydrogen-bond donors (Lipinski definition) is 0. The topological polar surface area (TPSA) is 21.6 Å². The lowest BCUT2D eigenvalue weighted by Gasteiger charge is -2.34.